The molecule has 1 aliphatic carbocycles. The Balaban J connectivity index is 1.71. The van der Waals surface area contributed by atoms with Gasteiger partial charge in [-0.05, 0) is 12.8 Å². The van der Waals surface area contributed by atoms with Gasteiger partial charge in [-0.3, -0.25) is 0 Å². The topological polar surface area (TPSA) is 259 Å². The van der Waals surface area contributed by atoms with Crippen LogP contribution < -0.4 is 22.9 Å². The van der Waals surface area contributed by atoms with Crippen molar-refractivity contribution in [2.24, 2.45) is 22.9 Å². The third-order valence-corrected chi connectivity index (χ3v) is 6.25. The summed E-state index contributed by atoms with van der Waals surface area (Å²) in [5.41, 5.74) is 24.0. The minimum absolute atomic E-state index is 0.0381. The number of nitrogens with two attached hydrogens (primary N) is 4. The summed E-state index contributed by atoms with van der Waals surface area (Å²) in [6.45, 7) is -0.571. The van der Waals surface area contributed by atoms with Crippen LogP contribution in [-0.4, -0.2) is 124 Å². The van der Waals surface area contributed by atoms with Crippen LogP contribution in [-0.2, 0) is 23.7 Å². The molecule has 0 aromatic rings. The highest BCUT2D eigenvalue weighted by atomic mass is 16.7. The van der Waals surface area contributed by atoms with E-state index in [1.165, 1.54) is 0 Å². The van der Waals surface area contributed by atoms with Gasteiger partial charge < -0.3 is 72.2 Å². The van der Waals surface area contributed by atoms with Crippen molar-refractivity contribution in [3.8, 4) is 0 Å². The molecule has 14 nitrogen and oxygen atoms in total. The lowest BCUT2D eigenvalue weighted by Gasteiger charge is -2.47. The molecule has 3 rings (SSSR count). The predicted molar refractivity (Wildman–Crippen MR) is 105 cm³/mol. The van der Waals surface area contributed by atoms with E-state index in [-0.39, 0.29) is 12.8 Å². The summed E-state index contributed by atoms with van der Waals surface area (Å²) in [6, 6.07) is -3.48. The second kappa shape index (κ2) is 10.6. The Morgan fingerprint density at radius 2 is 1.41 bits per heavy atom. The molecule has 0 amide bonds. The van der Waals surface area contributed by atoms with Gasteiger partial charge in [-0.15, -0.1) is 0 Å². The maximum atomic E-state index is 11.1. The maximum absolute atomic E-state index is 11.1. The van der Waals surface area contributed by atoms with Crippen LogP contribution in [0.25, 0.3) is 0 Å². The van der Waals surface area contributed by atoms with E-state index in [1.54, 1.807) is 0 Å². The quantitative estimate of drug-likeness (QED) is 0.165. The van der Waals surface area contributed by atoms with E-state index in [0.717, 1.165) is 0 Å². The van der Waals surface area contributed by atoms with Crippen molar-refractivity contribution in [1.82, 2.24) is 0 Å². The molecule has 2 heterocycles. The Bertz CT molecular complexity index is 633. The lowest BCUT2D eigenvalue weighted by atomic mass is 9.84. The van der Waals surface area contributed by atoms with Crippen molar-refractivity contribution in [2.75, 3.05) is 6.61 Å². The van der Waals surface area contributed by atoms with E-state index in [1.807, 2.05) is 0 Å². The largest absolute Gasteiger partial charge is 0.394 e. The first-order valence-corrected chi connectivity index (χ1v) is 10.5. The van der Waals surface area contributed by atoms with Crippen molar-refractivity contribution in [1.29, 1.82) is 0 Å². The minimum Gasteiger partial charge on any atom is -0.394 e. The van der Waals surface area contributed by atoms with Crippen LogP contribution in [0.15, 0.2) is 0 Å². The summed E-state index contributed by atoms with van der Waals surface area (Å²) in [5.74, 6) is 0. The highest BCUT2D eigenvalue weighted by molar-refractivity contribution is 5.57. The molecular formula is C18H34N4O10. The lowest BCUT2D eigenvalue weighted by molar-refractivity contribution is -0.314. The van der Waals surface area contributed by atoms with Gasteiger partial charge in [0.15, 0.2) is 18.9 Å². The van der Waals surface area contributed by atoms with E-state index in [0.29, 0.717) is 6.29 Å². The Morgan fingerprint density at radius 3 is 1.97 bits per heavy atom. The van der Waals surface area contributed by atoms with Crippen LogP contribution in [0.1, 0.15) is 12.8 Å². The Morgan fingerprint density at radius 1 is 0.812 bits per heavy atom. The zero-order chi connectivity index (χ0) is 23.7. The van der Waals surface area contributed by atoms with Gasteiger partial charge in [0.05, 0.1) is 24.8 Å². The normalized spacial score (nSPS) is 52.5. The van der Waals surface area contributed by atoms with Gasteiger partial charge in [-0.25, -0.2) is 0 Å². The highest BCUT2D eigenvalue weighted by Crippen LogP contribution is 2.30. The van der Waals surface area contributed by atoms with Crippen LogP contribution in [0.4, 0.5) is 0 Å². The first-order chi connectivity index (χ1) is 15.1. The van der Waals surface area contributed by atoms with E-state index >= 15 is 0 Å². The van der Waals surface area contributed by atoms with Crippen LogP contribution in [0, 0.1) is 0 Å². The molecule has 32 heavy (non-hydrogen) atoms. The molecule has 0 aromatic heterocycles. The summed E-state index contributed by atoms with van der Waals surface area (Å²) < 4.78 is 22.3. The SMILES string of the molecule is N[C@@H]1[C@@H](O)[C@@H](O[C@@H]2[C@@H](O)[C@H](O[C@H]3O[C@H](C=O)[C@@H](O)C[C@H]3N)[C@@H](N)C[C@H]2N)O[C@H](CO)[C@H]1O. The second-order valence-electron chi connectivity index (χ2n) is 8.61. The molecule has 14 atom stereocenters. The number of carbonyl (C=O) groups excluding carboxylic acids is 1. The van der Waals surface area contributed by atoms with Gasteiger partial charge in [-0.2, -0.15) is 0 Å². The fraction of sp³-hybridized carbons (Fsp3) is 0.944. The van der Waals surface area contributed by atoms with Gasteiger partial charge in [0.2, 0.25) is 0 Å². The number of rotatable bonds is 6. The van der Waals surface area contributed by atoms with E-state index in [2.05, 4.69) is 0 Å². The first-order valence-electron chi connectivity index (χ1n) is 10.5. The molecular weight excluding hydrogens is 432 g/mol. The highest BCUT2D eigenvalue weighted by Gasteiger charge is 2.50. The number of hydrogen-bond acceptors (Lipinski definition) is 14. The molecule has 0 aromatic carbocycles. The molecule has 3 fully saturated rings. The number of hydrogen-bond donors (Lipinski definition) is 9. The van der Waals surface area contributed by atoms with Gasteiger partial charge >= 0.3 is 0 Å². The molecule has 2 saturated heterocycles. The number of aliphatic hydroxyl groups excluding tert-OH is 5. The molecule has 2 aliphatic heterocycles. The van der Waals surface area contributed by atoms with Crippen LogP contribution >= 0.6 is 0 Å². The Hall–Kier alpha value is -0.850. The molecule has 0 radical (unpaired) electrons. The van der Waals surface area contributed by atoms with Crippen LogP contribution in [0.3, 0.4) is 0 Å². The molecule has 0 unspecified atom stereocenters. The summed E-state index contributed by atoms with van der Waals surface area (Å²) >= 11 is 0. The maximum Gasteiger partial charge on any atom is 0.186 e. The fourth-order valence-electron chi connectivity index (χ4n) is 4.30. The number of aliphatic hydroxyl groups is 5. The third kappa shape index (κ3) is 5.12. The average Bonchev–Trinajstić information content (AvgIpc) is 2.75. The van der Waals surface area contributed by atoms with Gasteiger partial charge in [-0.1, -0.05) is 0 Å². The summed E-state index contributed by atoms with van der Waals surface area (Å²) in [6.07, 6.45) is -11.7. The van der Waals surface area contributed by atoms with E-state index < -0.39 is 92.2 Å². The average molecular weight is 466 g/mol. The standard InChI is InChI=1S/C18H34N4O10/c19-5-1-6(20)16(32-18-13(27)11(22)12(26)10(4-24)30-18)14(28)15(5)31-17-7(21)2-8(25)9(3-23)29-17/h3,5-18,24-28H,1-2,4,19-22H2/t5-,6+,7+,8-,9+,10+,11-,12+,13+,14-,15+,16-,17+,18+/m0/s1. The molecule has 1 saturated carbocycles. The van der Waals surface area contributed by atoms with Crippen molar-refractivity contribution in [3.63, 3.8) is 0 Å². The Labute approximate surface area is 184 Å². The van der Waals surface area contributed by atoms with E-state index in [9.17, 15) is 30.3 Å². The summed E-state index contributed by atoms with van der Waals surface area (Å²) in [5, 5.41) is 50.5. The van der Waals surface area contributed by atoms with E-state index in [4.69, 9.17) is 41.9 Å². The predicted octanol–water partition coefficient (Wildman–Crippen LogP) is -6.06. The minimum atomic E-state index is -1.47. The molecule has 13 N–H and O–H groups in total. The zero-order valence-corrected chi connectivity index (χ0v) is 17.4. The molecule has 186 valence electrons. The van der Waals surface area contributed by atoms with Crippen LogP contribution in [0.5, 0.6) is 0 Å². The number of carbonyl (C=O) groups is 1. The Kier molecular flexibility index (Phi) is 8.54. The third-order valence-electron chi connectivity index (χ3n) is 6.25. The molecule has 3 aliphatic rings. The summed E-state index contributed by atoms with van der Waals surface area (Å²) in [4.78, 5) is 11.1. The van der Waals surface area contributed by atoms with Gasteiger partial charge in [0, 0.05) is 12.1 Å². The second-order valence-corrected chi connectivity index (χ2v) is 8.61. The van der Waals surface area contributed by atoms with Gasteiger partial charge in [0.25, 0.3) is 0 Å². The van der Waals surface area contributed by atoms with Gasteiger partial charge in [0.1, 0.15) is 42.7 Å². The van der Waals surface area contributed by atoms with Crippen molar-refractivity contribution >= 4 is 6.29 Å². The fourth-order valence-corrected chi connectivity index (χ4v) is 4.30. The number of ether oxygens (including phenoxy) is 4. The molecule has 0 bridgehead atoms. The zero-order valence-electron chi connectivity index (χ0n) is 17.4. The van der Waals surface area contributed by atoms with Crippen LogP contribution in [0.2, 0.25) is 0 Å². The van der Waals surface area contributed by atoms with Crippen molar-refractivity contribution in [2.45, 2.75) is 98.4 Å². The number of aldehydes is 1. The van der Waals surface area contributed by atoms with Crippen molar-refractivity contribution < 1.29 is 49.3 Å². The summed E-state index contributed by atoms with van der Waals surface area (Å²) in [7, 11) is 0. The van der Waals surface area contributed by atoms with Crippen molar-refractivity contribution in [3.05, 3.63) is 0 Å². The molecule has 0 spiro atoms. The monoisotopic (exact) mass is 466 g/mol. The smallest absolute Gasteiger partial charge is 0.186 e. The lowest BCUT2D eigenvalue weighted by Crippen LogP contribution is -2.68. The molecule has 14 heteroatoms. The first kappa shape index (κ1) is 25.8.